The summed E-state index contributed by atoms with van der Waals surface area (Å²) in [6, 6.07) is 8.76. The molecule has 2 rings (SSSR count). The lowest BCUT2D eigenvalue weighted by molar-refractivity contribution is 0.505. The van der Waals surface area contributed by atoms with E-state index in [1.165, 1.54) is 6.92 Å². The molecule has 0 aromatic heterocycles. The Morgan fingerprint density at radius 1 is 1.10 bits per heavy atom. The lowest BCUT2D eigenvalue weighted by Gasteiger charge is -2.12. The predicted molar refractivity (Wildman–Crippen MR) is 83.5 cm³/mol. The Kier molecular flexibility index (Phi) is 4.96. The van der Waals surface area contributed by atoms with Crippen LogP contribution in [0.4, 0.5) is 8.78 Å². The molecule has 0 aliphatic rings. The molecule has 2 aromatic rings. The van der Waals surface area contributed by atoms with Crippen molar-refractivity contribution in [2.24, 2.45) is 0 Å². The number of hydrogen-bond donors (Lipinski definition) is 1. The van der Waals surface area contributed by atoms with Crippen LogP contribution in [-0.2, 0) is 6.54 Å². The maximum absolute atomic E-state index is 14.0. The lowest BCUT2D eigenvalue weighted by atomic mass is 10.0. The molecule has 0 heterocycles. The number of rotatable bonds is 4. The van der Waals surface area contributed by atoms with Gasteiger partial charge in [-0.2, -0.15) is 0 Å². The van der Waals surface area contributed by atoms with Gasteiger partial charge in [-0.1, -0.05) is 49.7 Å². The molecule has 1 N–H and O–H groups in total. The Labute approximate surface area is 128 Å². The summed E-state index contributed by atoms with van der Waals surface area (Å²) >= 11 is 6.23. The summed E-state index contributed by atoms with van der Waals surface area (Å²) in [5.74, 6) is -1.65. The van der Waals surface area contributed by atoms with Crippen LogP contribution in [0.2, 0.25) is 5.02 Å². The van der Waals surface area contributed by atoms with Gasteiger partial charge in [0.25, 0.3) is 0 Å². The molecule has 0 fully saturated rings. The van der Waals surface area contributed by atoms with Gasteiger partial charge in [0.1, 0.15) is 0 Å². The van der Waals surface area contributed by atoms with Crippen LogP contribution >= 0.6 is 11.6 Å². The van der Waals surface area contributed by atoms with Crippen LogP contribution in [0.3, 0.4) is 0 Å². The standard InChI is InChI=1S/C17H18ClF2N/c1-10(2)21-9-13-6-5-12(8-15(13)18)14-7-4-11(3)16(19)17(14)20/h4-8,10,21H,9H2,1-3H3. The van der Waals surface area contributed by atoms with Gasteiger partial charge in [-0.15, -0.1) is 0 Å². The summed E-state index contributed by atoms with van der Waals surface area (Å²) in [5.41, 5.74) is 2.02. The number of hydrogen-bond acceptors (Lipinski definition) is 1. The third kappa shape index (κ3) is 3.60. The Hall–Kier alpha value is -1.45. The zero-order chi connectivity index (χ0) is 15.6. The van der Waals surface area contributed by atoms with E-state index in [0.29, 0.717) is 28.7 Å². The van der Waals surface area contributed by atoms with E-state index in [1.807, 2.05) is 19.9 Å². The van der Waals surface area contributed by atoms with Crippen molar-refractivity contribution in [2.75, 3.05) is 0 Å². The van der Waals surface area contributed by atoms with E-state index in [4.69, 9.17) is 11.6 Å². The molecule has 0 aliphatic heterocycles. The van der Waals surface area contributed by atoms with Gasteiger partial charge >= 0.3 is 0 Å². The van der Waals surface area contributed by atoms with Crippen LogP contribution in [0.15, 0.2) is 30.3 Å². The minimum atomic E-state index is -0.834. The van der Waals surface area contributed by atoms with Crippen molar-refractivity contribution in [1.29, 1.82) is 0 Å². The normalized spacial score (nSPS) is 11.2. The van der Waals surface area contributed by atoms with Crippen LogP contribution in [0.5, 0.6) is 0 Å². The molecule has 0 radical (unpaired) electrons. The average Bonchev–Trinajstić information content (AvgIpc) is 2.43. The maximum Gasteiger partial charge on any atom is 0.166 e. The van der Waals surface area contributed by atoms with Crippen LogP contribution in [0, 0.1) is 18.6 Å². The third-order valence-electron chi connectivity index (χ3n) is 3.34. The van der Waals surface area contributed by atoms with Crippen LogP contribution in [-0.4, -0.2) is 6.04 Å². The monoisotopic (exact) mass is 309 g/mol. The smallest absolute Gasteiger partial charge is 0.166 e. The fourth-order valence-corrected chi connectivity index (χ4v) is 2.29. The number of benzene rings is 2. The second-order valence-corrected chi connectivity index (χ2v) is 5.81. The van der Waals surface area contributed by atoms with Crippen molar-refractivity contribution in [2.45, 2.75) is 33.4 Å². The fourth-order valence-electron chi connectivity index (χ4n) is 2.04. The molecule has 21 heavy (non-hydrogen) atoms. The van der Waals surface area contributed by atoms with E-state index >= 15 is 0 Å². The zero-order valence-electron chi connectivity index (χ0n) is 12.3. The van der Waals surface area contributed by atoms with Gasteiger partial charge in [-0.05, 0) is 29.7 Å². The molecule has 0 aliphatic carbocycles. The molecule has 4 heteroatoms. The molecule has 0 bridgehead atoms. The summed E-state index contributed by atoms with van der Waals surface area (Å²) in [5, 5.41) is 3.81. The molecule has 0 atom stereocenters. The summed E-state index contributed by atoms with van der Waals surface area (Å²) in [6.07, 6.45) is 0. The molecule has 112 valence electrons. The van der Waals surface area contributed by atoms with Crippen LogP contribution in [0.1, 0.15) is 25.0 Å². The first kappa shape index (κ1) is 15.9. The van der Waals surface area contributed by atoms with E-state index in [0.717, 1.165) is 5.56 Å². The Bertz CT molecular complexity index is 653. The van der Waals surface area contributed by atoms with E-state index in [9.17, 15) is 8.78 Å². The van der Waals surface area contributed by atoms with Gasteiger partial charge in [0.05, 0.1) is 0 Å². The quantitative estimate of drug-likeness (QED) is 0.829. The minimum Gasteiger partial charge on any atom is -0.310 e. The molecule has 0 saturated heterocycles. The van der Waals surface area contributed by atoms with Crippen molar-refractivity contribution in [3.63, 3.8) is 0 Å². The van der Waals surface area contributed by atoms with Crippen LogP contribution < -0.4 is 5.32 Å². The van der Waals surface area contributed by atoms with Crippen molar-refractivity contribution >= 4 is 11.6 Å². The van der Waals surface area contributed by atoms with Crippen molar-refractivity contribution < 1.29 is 8.78 Å². The van der Waals surface area contributed by atoms with E-state index in [2.05, 4.69) is 5.32 Å². The van der Waals surface area contributed by atoms with Crippen molar-refractivity contribution in [3.8, 4) is 11.1 Å². The second kappa shape index (κ2) is 6.54. The molecule has 0 spiro atoms. The minimum absolute atomic E-state index is 0.225. The van der Waals surface area contributed by atoms with Gasteiger partial charge in [0.15, 0.2) is 11.6 Å². The van der Waals surface area contributed by atoms with Gasteiger partial charge in [-0.25, -0.2) is 8.78 Å². The first-order valence-electron chi connectivity index (χ1n) is 6.87. The van der Waals surface area contributed by atoms with E-state index < -0.39 is 11.6 Å². The number of nitrogens with one attached hydrogen (secondary N) is 1. The first-order valence-corrected chi connectivity index (χ1v) is 7.24. The molecule has 0 unspecified atom stereocenters. The van der Waals surface area contributed by atoms with Crippen LogP contribution in [0.25, 0.3) is 11.1 Å². The summed E-state index contributed by atoms with van der Waals surface area (Å²) in [6.45, 7) is 6.27. The van der Waals surface area contributed by atoms with Crippen molar-refractivity contribution in [3.05, 3.63) is 58.1 Å². The second-order valence-electron chi connectivity index (χ2n) is 5.40. The Balaban J connectivity index is 2.34. The van der Waals surface area contributed by atoms with Gasteiger partial charge < -0.3 is 5.32 Å². The Morgan fingerprint density at radius 3 is 2.43 bits per heavy atom. The molecule has 0 saturated carbocycles. The summed E-state index contributed by atoms with van der Waals surface area (Å²) < 4.78 is 27.7. The third-order valence-corrected chi connectivity index (χ3v) is 3.69. The molecule has 0 amide bonds. The largest absolute Gasteiger partial charge is 0.310 e. The highest BCUT2D eigenvalue weighted by Crippen LogP contribution is 2.29. The first-order chi connectivity index (χ1) is 9.90. The van der Waals surface area contributed by atoms with Gasteiger partial charge in [0, 0.05) is 23.2 Å². The molecular formula is C17H18ClF2N. The Morgan fingerprint density at radius 2 is 1.81 bits per heavy atom. The topological polar surface area (TPSA) is 12.0 Å². The van der Waals surface area contributed by atoms with E-state index in [1.54, 1.807) is 24.3 Å². The zero-order valence-corrected chi connectivity index (χ0v) is 13.1. The highest BCUT2D eigenvalue weighted by Gasteiger charge is 2.13. The highest BCUT2D eigenvalue weighted by molar-refractivity contribution is 6.31. The summed E-state index contributed by atoms with van der Waals surface area (Å²) in [4.78, 5) is 0. The average molecular weight is 310 g/mol. The number of halogens is 3. The molecular weight excluding hydrogens is 292 g/mol. The SMILES string of the molecule is Cc1ccc(-c2ccc(CNC(C)C)c(Cl)c2)c(F)c1F. The molecule has 1 nitrogen and oxygen atoms in total. The van der Waals surface area contributed by atoms with Gasteiger partial charge in [0.2, 0.25) is 0 Å². The van der Waals surface area contributed by atoms with E-state index in [-0.39, 0.29) is 5.56 Å². The molecule has 2 aromatic carbocycles. The maximum atomic E-state index is 14.0. The highest BCUT2D eigenvalue weighted by atomic mass is 35.5. The van der Waals surface area contributed by atoms with Crippen molar-refractivity contribution in [1.82, 2.24) is 5.32 Å². The summed E-state index contributed by atoms with van der Waals surface area (Å²) in [7, 11) is 0. The predicted octanol–water partition coefficient (Wildman–Crippen LogP) is 5.09. The number of aryl methyl sites for hydroxylation is 1. The van der Waals surface area contributed by atoms with Gasteiger partial charge in [-0.3, -0.25) is 0 Å². The lowest BCUT2D eigenvalue weighted by Crippen LogP contribution is -2.21. The fraction of sp³-hybridized carbons (Fsp3) is 0.294.